The van der Waals surface area contributed by atoms with E-state index < -0.39 is 0 Å². The molecule has 4 nitrogen and oxygen atoms in total. The monoisotopic (exact) mass is 322 g/mol. The number of carbonyl (C=O) groups excluding carboxylic acids is 1. The second-order valence-electron chi connectivity index (χ2n) is 6.75. The first kappa shape index (κ1) is 14.8. The van der Waals surface area contributed by atoms with Gasteiger partial charge in [0.15, 0.2) is 5.78 Å². The Balaban J connectivity index is 1.71. The van der Waals surface area contributed by atoms with E-state index in [1.807, 2.05) is 32.1 Å². The van der Waals surface area contributed by atoms with Crippen LogP contribution in [0.1, 0.15) is 47.9 Å². The summed E-state index contributed by atoms with van der Waals surface area (Å²) in [6.07, 6.45) is 3.90. The summed E-state index contributed by atoms with van der Waals surface area (Å²) in [6.45, 7) is 3.97. The van der Waals surface area contributed by atoms with Gasteiger partial charge in [0.05, 0.1) is 12.0 Å². The summed E-state index contributed by atoms with van der Waals surface area (Å²) in [7, 11) is 0. The molecule has 0 radical (unpaired) electrons. The zero-order valence-corrected chi connectivity index (χ0v) is 13.6. The van der Waals surface area contributed by atoms with E-state index in [-0.39, 0.29) is 29.7 Å². The number of ketones is 1. The van der Waals surface area contributed by atoms with Crippen molar-refractivity contribution in [2.75, 3.05) is 0 Å². The molecule has 122 valence electrons. The molecule has 4 rings (SSSR count). The Morgan fingerprint density at radius 2 is 1.88 bits per heavy atom. The van der Waals surface area contributed by atoms with E-state index in [1.165, 1.54) is 0 Å². The van der Waals surface area contributed by atoms with Gasteiger partial charge in [-0.1, -0.05) is 18.2 Å². The van der Waals surface area contributed by atoms with E-state index in [2.05, 4.69) is 0 Å². The van der Waals surface area contributed by atoms with Crippen molar-refractivity contribution in [2.45, 2.75) is 32.0 Å². The van der Waals surface area contributed by atoms with Gasteiger partial charge in [0.25, 0.3) is 0 Å². The van der Waals surface area contributed by atoms with Crippen LogP contribution < -0.4 is 9.47 Å². The van der Waals surface area contributed by atoms with Crippen molar-refractivity contribution in [3.05, 3.63) is 59.2 Å². The van der Waals surface area contributed by atoms with E-state index >= 15 is 0 Å². The average molecular weight is 322 g/mol. The molecule has 4 heteroatoms. The smallest absolute Gasteiger partial charge is 0.170 e. The van der Waals surface area contributed by atoms with Crippen molar-refractivity contribution in [3.63, 3.8) is 0 Å². The zero-order chi connectivity index (χ0) is 16.9. The van der Waals surface area contributed by atoms with Crippen LogP contribution in [0.25, 0.3) is 6.08 Å². The van der Waals surface area contributed by atoms with Gasteiger partial charge in [-0.05, 0) is 43.7 Å². The number of Topliss-reactive ketones (excluding diaryl/α,β-unsaturated/α-hetero) is 1. The molecule has 1 atom stereocenters. The molecule has 2 aromatic carbocycles. The van der Waals surface area contributed by atoms with Gasteiger partial charge in [0.1, 0.15) is 29.0 Å². The van der Waals surface area contributed by atoms with Crippen LogP contribution in [0.4, 0.5) is 0 Å². The number of hydrogen-bond acceptors (Lipinski definition) is 4. The fourth-order valence-electron chi connectivity index (χ4n) is 3.07. The van der Waals surface area contributed by atoms with Crippen molar-refractivity contribution < 1.29 is 19.4 Å². The predicted octanol–water partition coefficient (Wildman–Crippen LogP) is 4.28. The van der Waals surface area contributed by atoms with Gasteiger partial charge in [0.2, 0.25) is 0 Å². The lowest BCUT2D eigenvalue weighted by Crippen LogP contribution is -2.28. The van der Waals surface area contributed by atoms with Gasteiger partial charge in [-0.3, -0.25) is 4.79 Å². The first-order chi connectivity index (χ1) is 11.4. The van der Waals surface area contributed by atoms with Crippen LogP contribution in [0.3, 0.4) is 0 Å². The molecule has 2 aliphatic rings. The third-order valence-corrected chi connectivity index (χ3v) is 4.35. The van der Waals surface area contributed by atoms with Gasteiger partial charge in [0, 0.05) is 11.6 Å². The molecule has 0 amide bonds. The number of hydrogen-bond donors (Lipinski definition) is 1. The van der Waals surface area contributed by atoms with Crippen molar-refractivity contribution in [1.29, 1.82) is 0 Å². The lowest BCUT2D eigenvalue weighted by molar-refractivity contribution is 0.0847. The molecule has 0 aromatic heterocycles. The molecule has 0 saturated carbocycles. The van der Waals surface area contributed by atoms with Gasteiger partial charge < -0.3 is 14.6 Å². The Bertz CT molecular complexity index is 847. The van der Waals surface area contributed by atoms with E-state index in [4.69, 9.17) is 9.47 Å². The molecular weight excluding hydrogens is 304 g/mol. The first-order valence-electron chi connectivity index (χ1n) is 7.96. The first-order valence-corrected chi connectivity index (χ1v) is 7.96. The Morgan fingerprint density at radius 1 is 1.12 bits per heavy atom. The lowest BCUT2D eigenvalue weighted by Gasteiger charge is -2.31. The average Bonchev–Trinajstić information content (AvgIpc) is 2.53. The molecule has 0 fully saturated rings. The molecule has 1 unspecified atom stereocenters. The second-order valence-corrected chi connectivity index (χ2v) is 6.75. The Morgan fingerprint density at radius 3 is 2.62 bits per heavy atom. The highest BCUT2D eigenvalue weighted by Gasteiger charge is 2.31. The molecule has 0 aliphatic carbocycles. The third kappa shape index (κ3) is 2.54. The molecule has 24 heavy (non-hydrogen) atoms. The SMILES string of the molecule is CC1(C)C=Cc2cc3c(cc2O1)OC(c1ccc(O)cc1)CC3=O. The minimum absolute atomic E-state index is 0.0513. The van der Waals surface area contributed by atoms with E-state index in [0.29, 0.717) is 11.3 Å². The maximum atomic E-state index is 12.6. The summed E-state index contributed by atoms with van der Waals surface area (Å²) in [6, 6.07) is 10.4. The highest BCUT2D eigenvalue weighted by Crippen LogP contribution is 2.41. The minimum atomic E-state index is -0.379. The topological polar surface area (TPSA) is 55.8 Å². The predicted molar refractivity (Wildman–Crippen MR) is 90.6 cm³/mol. The van der Waals surface area contributed by atoms with Gasteiger partial charge >= 0.3 is 0 Å². The van der Waals surface area contributed by atoms with Crippen molar-refractivity contribution in [3.8, 4) is 17.2 Å². The minimum Gasteiger partial charge on any atom is -0.508 e. The largest absolute Gasteiger partial charge is 0.508 e. The summed E-state index contributed by atoms with van der Waals surface area (Å²) in [5.41, 5.74) is 1.98. The number of phenols is 1. The molecule has 2 aliphatic heterocycles. The van der Waals surface area contributed by atoms with Crippen LogP contribution in [0.15, 0.2) is 42.5 Å². The van der Waals surface area contributed by atoms with E-state index in [1.54, 1.807) is 30.3 Å². The zero-order valence-electron chi connectivity index (χ0n) is 13.6. The third-order valence-electron chi connectivity index (χ3n) is 4.35. The van der Waals surface area contributed by atoms with Crippen molar-refractivity contribution >= 4 is 11.9 Å². The maximum Gasteiger partial charge on any atom is 0.170 e. The molecule has 1 N–H and O–H groups in total. The Labute approximate surface area is 140 Å². The van der Waals surface area contributed by atoms with Crippen LogP contribution in [0, 0.1) is 0 Å². The van der Waals surface area contributed by atoms with Crippen LogP contribution in [0.5, 0.6) is 17.2 Å². The van der Waals surface area contributed by atoms with E-state index in [9.17, 15) is 9.90 Å². The number of benzene rings is 2. The highest BCUT2D eigenvalue weighted by atomic mass is 16.5. The highest BCUT2D eigenvalue weighted by molar-refractivity contribution is 6.01. The van der Waals surface area contributed by atoms with Gasteiger partial charge in [-0.2, -0.15) is 0 Å². The molecule has 0 spiro atoms. The maximum absolute atomic E-state index is 12.6. The van der Waals surface area contributed by atoms with Crippen molar-refractivity contribution in [2.24, 2.45) is 0 Å². The summed E-state index contributed by atoms with van der Waals surface area (Å²) in [4.78, 5) is 12.6. The molecule has 2 aromatic rings. The number of carbonyl (C=O) groups is 1. The summed E-state index contributed by atoms with van der Waals surface area (Å²) < 4.78 is 12.0. The summed E-state index contributed by atoms with van der Waals surface area (Å²) in [5, 5.41) is 9.42. The van der Waals surface area contributed by atoms with Crippen LogP contribution in [-0.2, 0) is 0 Å². The second kappa shape index (κ2) is 5.13. The Kier molecular flexibility index (Phi) is 3.17. The van der Waals surface area contributed by atoms with Gasteiger partial charge in [-0.15, -0.1) is 0 Å². The number of fused-ring (bicyclic) bond motifs is 2. The fraction of sp³-hybridized carbons (Fsp3) is 0.250. The summed E-state index contributed by atoms with van der Waals surface area (Å²) in [5.74, 6) is 1.52. The fourth-order valence-corrected chi connectivity index (χ4v) is 3.07. The van der Waals surface area contributed by atoms with Crippen LogP contribution in [0.2, 0.25) is 0 Å². The van der Waals surface area contributed by atoms with E-state index in [0.717, 1.165) is 16.9 Å². The molecular formula is C20H18O4. The number of rotatable bonds is 1. The van der Waals surface area contributed by atoms with Crippen molar-refractivity contribution in [1.82, 2.24) is 0 Å². The Hall–Kier alpha value is -2.75. The van der Waals surface area contributed by atoms with Gasteiger partial charge in [-0.25, -0.2) is 0 Å². The quantitative estimate of drug-likeness (QED) is 0.851. The summed E-state index contributed by atoms with van der Waals surface area (Å²) >= 11 is 0. The molecule has 2 heterocycles. The number of phenolic OH excluding ortho intramolecular Hbond substituents is 1. The number of ether oxygens (including phenoxy) is 2. The standard InChI is InChI=1S/C20H18O4/c1-20(2)8-7-13-9-15-16(22)10-17(12-3-5-14(21)6-4-12)23-19(15)11-18(13)24-20/h3-9,11,17,21H,10H2,1-2H3. The van der Waals surface area contributed by atoms with Crippen LogP contribution in [-0.4, -0.2) is 16.5 Å². The van der Waals surface area contributed by atoms with Crippen LogP contribution >= 0.6 is 0 Å². The number of aromatic hydroxyl groups is 1. The molecule has 0 bridgehead atoms. The normalized spacial score (nSPS) is 20.6. The molecule has 0 saturated heterocycles. The lowest BCUT2D eigenvalue weighted by atomic mass is 9.93.